The Labute approximate surface area is 249 Å². The lowest BCUT2D eigenvalue weighted by molar-refractivity contribution is -0.659. The van der Waals surface area contributed by atoms with Gasteiger partial charge in [0.1, 0.15) is 18.2 Å². The molecule has 204 valence electrons. The first-order valence-corrected chi connectivity index (χ1v) is 14.5. The second-order valence-electron chi connectivity index (χ2n) is 11.0. The van der Waals surface area contributed by atoms with Gasteiger partial charge in [-0.15, -0.1) is 0 Å². The summed E-state index contributed by atoms with van der Waals surface area (Å²) < 4.78 is 8.92. The summed E-state index contributed by atoms with van der Waals surface area (Å²) >= 11 is 0. The number of aryl methyl sites for hydroxylation is 2. The molecule has 0 amide bonds. The fourth-order valence-electron chi connectivity index (χ4n) is 6.02. The van der Waals surface area contributed by atoms with Gasteiger partial charge in [-0.2, -0.15) is 0 Å². The van der Waals surface area contributed by atoms with Crippen molar-refractivity contribution in [3.05, 3.63) is 139 Å². The molecule has 0 unspecified atom stereocenters. The summed E-state index contributed by atoms with van der Waals surface area (Å²) in [6.07, 6.45) is 2.19. The lowest BCUT2D eigenvalue weighted by Crippen LogP contribution is -2.30. The predicted octanol–water partition coefficient (Wildman–Crippen LogP) is 9.33. The van der Waals surface area contributed by atoms with E-state index in [9.17, 15) is 0 Å². The Morgan fingerprint density at radius 3 is 2.00 bits per heavy atom. The van der Waals surface area contributed by atoms with Crippen LogP contribution in [0.4, 0.5) is 0 Å². The standard InChI is InChI=1S/C39H28N3O/c1-25-17-19-32-31-20-18-29(22-36(31)43-38(32)37(25)35-21-28-15-9-10-16-30(28)24-42(35)2)34-23-33(26-11-5-3-6-12-26)40-39(41-34)27-13-7-4-8-14-27/h3-24H,1-2H3/q+1. The molecule has 8 aromatic rings. The minimum Gasteiger partial charge on any atom is -0.455 e. The van der Waals surface area contributed by atoms with Crippen molar-refractivity contribution in [2.24, 2.45) is 7.05 Å². The van der Waals surface area contributed by atoms with E-state index in [1.807, 2.05) is 48.5 Å². The highest BCUT2D eigenvalue weighted by molar-refractivity contribution is 6.10. The highest BCUT2D eigenvalue weighted by Gasteiger charge is 2.22. The predicted molar refractivity (Wildman–Crippen MR) is 174 cm³/mol. The van der Waals surface area contributed by atoms with Crippen LogP contribution < -0.4 is 4.57 Å². The SMILES string of the molecule is Cc1ccc2c(oc3cc(-c4cc(-c5ccccc5)nc(-c5ccccc5)n4)ccc32)c1-c1cc2ccccc2c[n+]1C. The Morgan fingerprint density at radius 1 is 0.581 bits per heavy atom. The average molecular weight is 555 g/mol. The van der Waals surface area contributed by atoms with Gasteiger partial charge >= 0.3 is 0 Å². The number of hydrogen-bond acceptors (Lipinski definition) is 3. The Bertz CT molecular complexity index is 2250. The topological polar surface area (TPSA) is 42.8 Å². The van der Waals surface area contributed by atoms with Gasteiger partial charge in [0.25, 0.3) is 0 Å². The van der Waals surface area contributed by atoms with Gasteiger partial charge in [0.15, 0.2) is 12.0 Å². The van der Waals surface area contributed by atoms with E-state index in [2.05, 4.69) is 104 Å². The van der Waals surface area contributed by atoms with Crippen molar-refractivity contribution in [1.29, 1.82) is 0 Å². The largest absolute Gasteiger partial charge is 0.455 e. The number of furan rings is 1. The first-order chi connectivity index (χ1) is 21.1. The van der Waals surface area contributed by atoms with Gasteiger partial charge in [-0.05, 0) is 42.1 Å². The first kappa shape index (κ1) is 25.1. The lowest BCUT2D eigenvalue weighted by atomic mass is 9.99. The van der Waals surface area contributed by atoms with Crippen molar-refractivity contribution in [1.82, 2.24) is 9.97 Å². The van der Waals surface area contributed by atoms with E-state index in [4.69, 9.17) is 14.4 Å². The van der Waals surface area contributed by atoms with E-state index in [-0.39, 0.29) is 0 Å². The van der Waals surface area contributed by atoms with Gasteiger partial charge in [0, 0.05) is 38.9 Å². The van der Waals surface area contributed by atoms with Crippen molar-refractivity contribution >= 4 is 32.7 Å². The summed E-state index contributed by atoms with van der Waals surface area (Å²) in [5, 5.41) is 4.61. The minimum absolute atomic E-state index is 0.698. The van der Waals surface area contributed by atoms with Gasteiger partial charge in [0.2, 0.25) is 5.69 Å². The lowest BCUT2D eigenvalue weighted by Gasteiger charge is -2.09. The maximum Gasteiger partial charge on any atom is 0.216 e. The zero-order chi connectivity index (χ0) is 28.9. The molecular weight excluding hydrogens is 526 g/mol. The zero-order valence-corrected chi connectivity index (χ0v) is 24.0. The summed E-state index contributed by atoms with van der Waals surface area (Å²) in [6, 6.07) is 44.0. The van der Waals surface area contributed by atoms with Crippen LogP contribution in [0.5, 0.6) is 0 Å². The van der Waals surface area contributed by atoms with Gasteiger partial charge in [-0.3, -0.25) is 0 Å². The van der Waals surface area contributed by atoms with Crippen molar-refractivity contribution in [2.45, 2.75) is 6.92 Å². The second-order valence-corrected chi connectivity index (χ2v) is 11.0. The molecule has 8 rings (SSSR count). The number of pyridine rings is 1. The smallest absolute Gasteiger partial charge is 0.216 e. The molecule has 0 N–H and O–H groups in total. The van der Waals surface area contributed by atoms with Crippen LogP contribution in [0.1, 0.15) is 5.56 Å². The summed E-state index contributed by atoms with van der Waals surface area (Å²) in [6.45, 7) is 2.15. The molecule has 0 spiro atoms. The van der Waals surface area contributed by atoms with Crippen LogP contribution >= 0.6 is 0 Å². The Kier molecular flexibility index (Phi) is 5.86. The van der Waals surface area contributed by atoms with Gasteiger partial charge in [-0.1, -0.05) is 97.1 Å². The molecule has 4 heteroatoms. The summed E-state index contributed by atoms with van der Waals surface area (Å²) in [4.78, 5) is 9.97. The monoisotopic (exact) mass is 554 g/mol. The van der Waals surface area contributed by atoms with Crippen LogP contribution in [-0.4, -0.2) is 9.97 Å². The molecule has 0 saturated carbocycles. The second kappa shape index (κ2) is 10.0. The van der Waals surface area contributed by atoms with Crippen LogP contribution in [0.25, 0.3) is 77.9 Å². The number of hydrogen-bond donors (Lipinski definition) is 0. The third kappa shape index (κ3) is 4.36. The number of aromatic nitrogens is 3. The molecular formula is C39H28N3O+. The fourth-order valence-corrected chi connectivity index (χ4v) is 6.02. The third-order valence-corrected chi connectivity index (χ3v) is 8.23. The third-order valence-electron chi connectivity index (χ3n) is 8.23. The molecule has 4 nitrogen and oxygen atoms in total. The molecule has 5 aromatic carbocycles. The van der Waals surface area contributed by atoms with E-state index in [0.717, 1.165) is 61.3 Å². The number of rotatable bonds is 4. The molecule has 43 heavy (non-hydrogen) atoms. The van der Waals surface area contributed by atoms with Crippen molar-refractivity contribution in [3.63, 3.8) is 0 Å². The molecule has 0 aliphatic heterocycles. The van der Waals surface area contributed by atoms with E-state index in [1.54, 1.807) is 0 Å². The van der Waals surface area contributed by atoms with Gasteiger partial charge in [-0.25, -0.2) is 14.5 Å². The normalized spacial score (nSPS) is 11.5. The van der Waals surface area contributed by atoms with E-state index in [1.165, 1.54) is 16.3 Å². The van der Waals surface area contributed by atoms with E-state index >= 15 is 0 Å². The van der Waals surface area contributed by atoms with Crippen molar-refractivity contribution < 1.29 is 8.98 Å². The Balaban J connectivity index is 1.32. The number of nitrogens with zero attached hydrogens (tertiary/aromatic N) is 3. The summed E-state index contributed by atoms with van der Waals surface area (Å²) in [5.41, 5.74) is 9.90. The Hall–Kier alpha value is -5.61. The van der Waals surface area contributed by atoms with Crippen LogP contribution in [0.3, 0.4) is 0 Å². The van der Waals surface area contributed by atoms with Crippen molar-refractivity contribution in [3.8, 4) is 45.2 Å². The molecule has 0 aliphatic carbocycles. The average Bonchev–Trinajstić information content (AvgIpc) is 3.43. The van der Waals surface area contributed by atoms with Crippen molar-refractivity contribution in [2.75, 3.05) is 0 Å². The molecule has 0 bridgehead atoms. The van der Waals surface area contributed by atoms with Crippen LogP contribution in [0.15, 0.2) is 138 Å². The van der Waals surface area contributed by atoms with E-state index < -0.39 is 0 Å². The van der Waals surface area contributed by atoms with Crippen LogP contribution in [0.2, 0.25) is 0 Å². The minimum atomic E-state index is 0.698. The molecule has 0 atom stereocenters. The summed E-state index contributed by atoms with van der Waals surface area (Å²) in [5.74, 6) is 0.698. The fraction of sp³-hybridized carbons (Fsp3) is 0.0513. The Morgan fingerprint density at radius 2 is 1.23 bits per heavy atom. The highest BCUT2D eigenvalue weighted by atomic mass is 16.3. The summed E-state index contributed by atoms with van der Waals surface area (Å²) in [7, 11) is 2.10. The van der Waals surface area contributed by atoms with Crippen LogP contribution in [-0.2, 0) is 7.05 Å². The highest BCUT2D eigenvalue weighted by Crippen LogP contribution is 2.39. The number of fused-ring (bicyclic) bond motifs is 4. The van der Waals surface area contributed by atoms with E-state index in [0.29, 0.717) is 5.82 Å². The molecule has 0 fully saturated rings. The van der Waals surface area contributed by atoms with Gasteiger partial charge < -0.3 is 4.42 Å². The van der Waals surface area contributed by atoms with Gasteiger partial charge in [0.05, 0.1) is 17.0 Å². The molecule has 0 radical (unpaired) electrons. The number of benzene rings is 5. The maximum atomic E-state index is 6.72. The first-order valence-electron chi connectivity index (χ1n) is 14.5. The molecule has 3 heterocycles. The molecule has 0 aliphatic rings. The quantitative estimate of drug-likeness (QED) is 0.204. The molecule has 0 saturated heterocycles. The molecule has 3 aromatic heterocycles. The van der Waals surface area contributed by atoms with Crippen LogP contribution in [0, 0.1) is 6.92 Å². The zero-order valence-electron chi connectivity index (χ0n) is 24.0. The maximum absolute atomic E-state index is 6.72.